The summed E-state index contributed by atoms with van der Waals surface area (Å²) in [6, 6.07) is 3.79. The van der Waals surface area contributed by atoms with Crippen molar-refractivity contribution in [2.45, 2.75) is 46.0 Å². The molecule has 0 radical (unpaired) electrons. The number of hydrogen-bond donors (Lipinski definition) is 3. The molecule has 124 valence electrons. The molecule has 0 spiro atoms. The van der Waals surface area contributed by atoms with Crippen molar-refractivity contribution < 1.29 is 9.90 Å². The van der Waals surface area contributed by atoms with Crippen molar-refractivity contribution in [2.24, 2.45) is 5.41 Å². The Bertz CT molecular complexity index is 458. The highest BCUT2D eigenvalue weighted by molar-refractivity contribution is 5.73. The van der Waals surface area contributed by atoms with E-state index in [-0.39, 0.29) is 23.5 Å². The predicted octanol–water partition coefficient (Wildman–Crippen LogP) is 2.46. The summed E-state index contributed by atoms with van der Waals surface area (Å²) in [5.74, 6) is 0. The van der Waals surface area contributed by atoms with Gasteiger partial charge in [0, 0.05) is 37.5 Å². The van der Waals surface area contributed by atoms with Crippen LogP contribution in [-0.4, -0.2) is 35.8 Å². The molecule has 1 aromatic rings. The number of carbonyl (C=O) groups is 1. The fourth-order valence-corrected chi connectivity index (χ4v) is 2.12. The summed E-state index contributed by atoms with van der Waals surface area (Å²) in [6.07, 6.45) is 5.27. The first-order valence-electron chi connectivity index (χ1n) is 7.80. The number of amides is 2. The second-order valence-electron chi connectivity index (χ2n) is 7.16. The fourth-order valence-electron chi connectivity index (χ4n) is 2.12. The van der Waals surface area contributed by atoms with Crippen LogP contribution in [-0.2, 0) is 5.41 Å². The van der Waals surface area contributed by atoms with Crippen LogP contribution in [0.4, 0.5) is 4.79 Å². The van der Waals surface area contributed by atoms with Crippen molar-refractivity contribution in [3.05, 3.63) is 30.1 Å². The van der Waals surface area contributed by atoms with Crippen LogP contribution in [0.15, 0.2) is 24.5 Å². The van der Waals surface area contributed by atoms with Crippen molar-refractivity contribution in [1.82, 2.24) is 15.6 Å². The molecule has 22 heavy (non-hydrogen) atoms. The normalized spacial score (nSPS) is 12.0. The summed E-state index contributed by atoms with van der Waals surface area (Å²) < 4.78 is 0. The Morgan fingerprint density at radius 3 is 2.41 bits per heavy atom. The van der Waals surface area contributed by atoms with Crippen molar-refractivity contribution in [2.75, 3.05) is 19.7 Å². The van der Waals surface area contributed by atoms with Gasteiger partial charge in [-0.2, -0.15) is 0 Å². The first-order valence-corrected chi connectivity index (χ1v) is 7.80. The summed E-state index contributed by atoms with van der Waals surface area (Å²) >= 11 is 0. The Hall–Kier alpha value is -1.62. The molecule has 5 heteroatoms. The Kier molecular flexibility index (Phi) is 6.81. The zero-order valence-electron chi connectivity index (χ0n) is 14.1. The van der Waals surface area contributed by atoms with Gasteiger partial charge in [0.15, 0.2) is 0 Å². The third kappa shape index (κ3) is 6.43. The standard InChI is InChI=1S/C17H29N3O2/c1-16(2,13-21)8-5-9-19-15(22)20-12-17(3,4)14-6-10-18-11-7-14/h6-7,10-11,21H,5,8-9,12-13H2,1-4H3,(H2,19,20,22). The molecule has 0 fully saturated rings. The van der Waals surface area contributed by atoms with Gasteiger partial charge in [-0.05, 0) is 36.0 Å². The molecular formula is C17H29N3O2. The number of aromatic nitrogens is 1. The van der Waals surface area contributed by atoms with E-state index in [0.29, 0.717) is 13.1 Å². The maximum atomic E-state index is 11.8. The van der Waals surface area contributed by atoms with Gasteiger partial charge in [0.1, 0.15) is 0 Å². The highest BCUT2D eigenvalue weighted by Gasteiger charge is 2.21. The van der Waals surface area contributed by atoms with E-state index in [1.54, 1.807) is 12.4 Å². The molecule has 2 amide bonds. The number of rotatable bonds is 8. The second-order valence-corrected chi connectivity index (χ2v) is 7.16. The minimum absolute atomic E-state index is 0.0819. The van der Waals surface area contributed by atoms with Crippen LogP contribution in [0.25, 0.3) is 0 Å². The largest absolute Gasteiger partial charge is 0.396 e. The van der Waals surface area contributed by atoms with Gasteiger partial charge in [-0.1, -0.05) is 27.7 Å². The van der Waals surface area contributed by atoms with E-state index in [9.17, 15) is 9.90 Å². The molecule has 0 aliphatic rings. The molecular weight excluding hydrogens is 278 g/mol. The molecule has 0 aliphatic carbocycles. The SMILES string of the molecule is CC(C)(CO)CCCNC(=O)NCC(C)(C)c1ccncc1. The molecule has 0 aliphatic heterocycles. The number of urea groups is 1. The molecule has 0 saturated heterocycles. The molecule has 1 aromatic heterocycles. The smallest absolute Gasteiger partial charge is 0.314 e. The van der Waals surface area contributed by atoms with E-state index >= 15 is 0 Å². The highest BCUT2D eigenvalue weighted by Crippen LogP contribution is 2.21. The highest BCUT2D eigenvalue weighted by atomic mass is 16.3. The van der Waals surface area contributed by atoms with Crippen LogP contribution in [0, 0.1) is 5.41 Å². The maximum absolute atomic E-state index is 11.8. The van der Waals surface area contributed by atoms with Crippen molar-refractivity contribution >= 4 is 6.03 Å². The number of aliphatic hydroxyl groups is 1. The molecule has 0 unspecified atom stereocenters. The van der Waals surface area contributed by atoms with E-state index in [1.807, 2.05) is 26.0 Å². The van der Waals surface area contributed by atoms with Gasteiger partial charge in [-0.25, -0.2) is 4.79 Å². The Balaban J connectivity index is 2.29. The van der Waals surface area contributed by atoms with Crippen LogP contribution in [0.1, 0.15) is 46.1 Å². The average Bonchev–Trinajstić information content (AvgIpc) is 2.50. The summed E-state index contributed by atoms with van der Waals surface area (Å²) in [5, 5.41) is 15.0. The number of nitrogens with zero attached hydrogens (tertiary/aromatic N) is 1. The quantitative estimate of drug-likeness (QED) is 0.646. The molecule has 3 N–H and O–H groups in total. The van der Waals surface area contributed by atoms with E-state index in [4.69, 9.17) is 0 Å². The number of hydrogen-bond acceptors (Lipinski definition) is 3. The van der Waals surface area contributed by atoms with Crippen LogP contribution >= 0.6 is 0 Å². The topological polar surface area (TPSA) is 74.2 Å². The molecule has 0 aromatic carbocycles. The summed E-state index contributed by atoms with van der Waals surface area (Å²) in [5.41, 5.74) is 0.924. The van der Waals surface area contributed by atoms with Crippen molar-refractivity contribution in [3.8, 4) is 0 Å². The van der Waals surface area contributed by atoms with E-state index in [0.717, 1.165) is 18.4 Å². The third-order valence-corrected chi connectivity index (χ3v) is 3.90. The first-order chi connectivity index (χ1) is 10.3. The van der Waals surface area contributed by atoms with Gasteiger partial charge >= 0.3 is 6.03 Å². The molecule has 1 rings (SSSR count). The van der Waals surface area contributed by atoms with E-state index in [1.165, 1.54) is 0 Å². The Morgan fingerprint density at radius 1 is 1.18 bits per heavy atom. The van der Waals surface area contributed by atoms with Gasteiger partial charge in [0.05, 0.1) is 0 Å². The Morgan fingerprint density at radius 2 is 1.82 bits per heavy atom. The van der Waals surface area contributed by atoms with Crippen LogP contribution in [0.3, 0.4) is 0 Å². The van der Waals surface area contributed by atoms with Gasteiger partial charge < -0.3 is 15.7 Å². The molecule has 5 nitrogen and oxygen atoms in total. The average molecular weight is 307 g/mol. The lowest BCUT2D eigenvalue weighted by atomic mass is 9.85. The molecule has 0 saturated carbocycles. The second kappa shape index (κ2) is 8.13. The minimum Gasteiger partial charge on any atom is -0.396 e. The van der Waals surface area contributed by atoms with Gasteiger partial charge in [-0.3, -0.25) is 4.98 Å². The number of pyridine rings is 1. The Labute approximate surface area is 133 Å². The minimum atomic E-state index is -0.149. The summed E-state index contributed by atoms with van der Waals surface area (Å²) in [4.78, 5) is 15.8. The van der Waals surface area contributed by atoms with Crippen molar-refractivity contribution in [3.63, 3.8) is 0 Å². The number of nitrogens with one attached hydrogen (secondary N) is 2. The number of aliphatic hydroxyl groups excluding tert-OH is 1. The van der Waals surface area contributed by atoms with Crippen LogP contribution in [0.2, 0.25) is 0 Å². The third-order valence-electron chi connectivity index (χ3n) is 3.90. The van der Waals surface area contributed by atoms with E-state index in [2.05, 4.69) is 29.5 Å². The van der Waals surface area contributed by atoms with Crippen molar-refractivity contribution in [1.29, 1.82) is 0 Å². The maximum Gasteiger partial charge on any atom is 0.314 e. The van der Waals surface area contributed by atoms with Gasteiger partial charge in [0.2, 0.25) is 0 Å². The van der Waals surface area contributed by atoms with Gasteiger partial charge in [0.25, 0.3) is 0 Å². The van der Waals surface area contributed by atoms with Crippen LogP contribution in [0.5, 0.6) is 0 Å². The molecule has 0 atom stereocenters. The monoisotopic (exact) mass is 307 g/mol. The summed E-state index contributed by atoms with van der Waals surface area (Å²) in [6.45, 7) is 9.56. The summed E-state index contributed by atoms with van der Waals surface area (Å²) in [7, 11) is 0. The van der Waals surface area contributed by atoms with E-state index < -0.39 is 0 Å². The first kappa shape index (κ1) is 18.4. The van der Waals surface area contributed by atoms with Gasteiger partial charge in [-0.15, -0.1) is 0 Å². The fraction of sp³-hybridized carbons (Fsp3) is 0.647. The van der Waals surface area contributed by atoms with Crippen LogP contribution < -0.4 is 10.6 Å². The molecule has 1 heterocycles. The predicted molar refractivity (Wildman–Crippen MR) is 88.8 cm³/mol. The zero-order chi connectivity index (χ0) is 16.6. The lowest BCUT2D eigenvalue weighted by Gasteiger charge is -2.25. The number of carbonyl (C=O) groups excluding carboxylic acids is 1. The lowest BCUT2D eigenvalue weighted by molar-refractivity contribution is 0.148. The lowest BCUT2D eigenvalue weighted by Crippen LogP contribution is -2.42. The zero-order valence-corrected chi connectivity index (χ0v) is 14.1. The molecule has 0 bridgehead atoms.